The molecule has 24 heavy (non-hydrogen) atoms. The molecule has 7 heteroatoms. The topological polar surface area (TPSA) is 45.2 Å². The minimum absolute atomic E-state index is 0.286. The van der Waals surface area contributed by atoms with Gasteiger partial charge in [-0.1, -0.05) is 0 Å². The fourth-order valence-electron chi connectivity index (χ4n) is 3.18. The molecular formula is C17H19BrFN5. The summed E-state index contributed by atoms with van der Waals surface area (Å²) in [4.78, 5) is 17.5. The lowest BCUT2D eigenvalue weighted by molar-refractivity contribution is 0.613. The van der Waals surface area contributed by atoms with Crippen molar-refractivity contribution >= 4 is 27.6 Å². The Morgan fingerprint density at radius 2 is 2.12 bits per heavy atom. The van der Waals surface area contributed by atoms with Crippen molar-refractivity contribution < 1.29 is 4.39 Å². The van der Waals surface area contributed by atoms with Crippen molar-refractivity contribution in [1.82, 2.24) is 15.0 Å². The molecule has 2 aromatic rings. The summed E-state index contributed by atoms with van der Waals surface area (Å²) in [5.74, 6) is 2.58. The third kappa shape index (κ3) is 3.09. The van der Waals surface area contributed by atoms with Crippen LogP contribution < -0.4 is 9.80 Å². The molecule has 2 fully saturated rings. The van der Waals surface area contributed by atoms with E-state index in [1.807, 2.05) is 17.2 Å². The molecule has 126 valence electrons. The van der Waals surface area contributed by atoms with E-state index in [1.165, 1.54) is 18.9 Å². The number of likely N-dealkylation sites (N-methyl/N-ethyl adjacent to an activating group) is 1. The first-order valence-corrected chi connectivity index (χ1v) is 9.03. The van der Waals surface area contributed by atoms with Crippen molar-refractivity contribution in [1.29, 1.82) is 0 Å². The van der Waals surface area contributed by atoms with Gasteiger partial charge >= 0.3 is 0 Å². The molecule has 1 saturated carbocycles. The summed E-state index contributed by atoms with van der Waals surface area (Å²) in [6.45, 7) is 1.53. The summed E-state index contributed by atoms with van der Waals surface area (Å²) in [5, 5.41) is 0. The van der Waals surface area contributed by atoms with Crippen LogP contribution in [0.3, 0.4) is 0 Å². The Labute approximate surface area is 149 Å². The zero-order valence-corrected chi connectivity index (χ0v) is 15.1. The Hall–Kier alpha value is -1.76. The van der Waals surface area contributed by atoms with Gasteiger partial charge in [0.15, 0.2) is 11.6 Å². The van der Waals surface area contributed by atoms with Gasteiger partial charge < -0.3 is 9.80 Å². The smallest absolute Gasteiger partial charge is 0.166 e. The lowest BCUT2D eigenvalue weighted by Crippen LogP contribution is -2.35. The highest BCUT2D eigenvalue weighted by atomic mass is 79.9. The van der Waals surface area contributed by atoms with Crippen molar-refractivity contribution in [3.63, 3.8) is 0 Å². The monoisotopic (exact) mass is 391 g/mol. The van der Waals surface area contributed by atoms with Gasteiger partial charge in [0, 0.05) is 49.0 Å². The summed E-state index contributed by atoms with van der Waals surface area (Å²) in [7, 11) is 2.05. The Morgan fingerprint density at radius 1 is 1.29 bits per heavy atom. The normalized spacial score (nSPS) is 20.5. The number of nitrogens with zero attached hydrogens (tertiary/aromatic N) is 5. The predicted molar refractivity (Wildman–Crippen MR) is 94.9 cm³/mol. The molecule has 5 nitrogen and oxygen atoms in total. The molecule has 1 aliphatic heterocycles. The summed E-state index contributed by atoms with van der Waals surface area (Å²) in [5.41, 5.74) is 0. The van der Waals surface area contributed by atoms with E-state index in [0.717, 1.165) is 31.2 Å². The minimum Gasteiger partial charge on any atom is -0.355 e. The van der Waals surface area contributed by atoms with Gasteiger partial charge in [-0.2, -0.15) is 0 Å². The number of anilines is 2. The van der Waals surface area contributed by atoms with Gasteiger partial charge in [0.25, 0.3) is 0 Å². The largest absolute Gasteiger partial charge is 0.355 e. The van der Waals surface area contributed by atoms with Crippen LogP contribution in [0.25, 0.3) is 0 Å². The number of pyridine rings is 1. The lowest BCUT2D eigenvalue weighted by atomic mass is 10.2. The van der Waals surface area contributed by atoms with Crippen LogP contribution in [0.4, 0.5) is 16.0 Å². The minimum atomic E-state index is -0.286. The molecule has 0 radical (unpaired) electrons. The van der Waals surface area contributed by atoms with Gasteiger partial charge in [-0.25, -0.2) is 19.3 Å². The number of halogens is 2. The van der Waals surface area contributed by atoms with E-state index in [-0.39, 0.29) is 11.9 Å². The van der Waals surface area contributed by atoms with Crippen LogP contribution in [0.1, 0.15) is 31.0 Å². The third-order valence-electron chi connectivity index (χ3n) is 4.76. The standard InChI is InChI=1S/C17H19BrFN5/c1-23(15-4-6-20-16(22-15)11-2-3-11)13-5-7-24(10-13)17-14(19)8-12(18)9-21-17/h4,6,8-9,11,13H,2-3,5,7,10H2,1H3. The number of hydrogen-bond acceptors (Lipinski definition) is 5. The fourth-order valence-corrected chi connectivity index (χ4v) is 3.48. The van der Waals surface area contributed by atoms with Crippen LogP contribution in [0.2, 0.25) is 0 Å². The zero-order chi connectivity index (χ0) is 16.7. The van der Waals surface area contributed by atoms with Crippen molar-refractivity contribution in [3.8, 4) is 0 Å². The molecule has 2 aromatic heterocycles. The summed E-state index contributed by atoms with van der Waals surface area (Å²) < 4.78 is 14.8. The highest BCUT2D eigenvalue weighted by Crippen LogP contribution is 2.38. The highest BCUT2D eigenvalue weighted by Gasteiger charge is 2.30. The van der Waals surface area contributed by atoms with E-state index in [0.29, 0.717) is 16.2 Å². The average molecular weight is 392 g/mol. The first kappa shape index (κ1) is 15.7. The molecule has 0 bridgehead atoms. The van der Waals surface area contributed by atoms with Gasteiger partial charge in [0.05, 0.1) is 0 Å². The van der Waals surface area contributed by atoms with Gasteiger partial charge in [0.1, 0.15) is 11.6 Å². The summed E-state index contributed by atoms with van der Waals surface area (Å²) in [6, 6.07) is 3.70. The fraction of sp³-hybridized carbons (Fsp3) is 0.471. The number of rotatable bonds is 4. The van der Waals surface area contributed by atoms with Crippen LogP contribution in [0.15, 0.2) is 29.0 Å². The molecule has 1 unspecified atom stereocenters. The molecule has 3 heterocycles. The average Bonchev–Trinajstić information content (AvgIpc) is 3.32. The quantitative estimate of drug-likeness (QED) is 0.799. The van der Waals surface area contributed by atoms with Gasteiger partial charge in [0.2, 0.25) is 0 Å². The third-order valence-corrected chi connectivity index (χ3v) is 5.20. The van der Waals surface area contributed by atoms with Gasteiger partial charge in [-0.15, -0.1) is 0 Å². The van der Waals surface area contributed by atoms with Gasteiger partial charge in [-0.3, -0.25) is 0 Å². The van der Waals surface area contributed by atoms with E-state index in [9.17, 15) is 4.39 Å². The maximum absolute atomic E-state index is 14.1. The van der Waals surface area contributed by atoms with Crippen molar-refractivity contribution in [3.05, 3.63) is 40.6 Å². The molecule has 0 amide bonds. The Balaban J connectivity index is 1.48. The molecule has 0 spiro atoms. The molecule has 4 rings (SSSR count). The van der Waals surface area contributed by atoms with Crippen LogP contribution in [0.5, 0.6) is 0 Å². The predicted octanol–water partition coefficient (Wildman–Crippen LogP) is 3.37. The first-order valence-electron chi connectivity index (χ1n) is 8.23. The van der Waals surface area contributed by atoms with Crippen LogP contribution in [-0.4, -0.2) is 41.1 Å². The second-order valence-electron chi connectivity index (χ2n) is 6.51. The zero-order valence-electron chi connectivity index (χ0n) is 13.5. The second-order valence-corrected chi connectivity index (χ2v) is 7.42. The number of aromatic nitrogens is 3. The lowest BCUT2D eigenvalue weighted by Gasteiger charge is -2.26. The Kier molecular flexibility index (Phi) is 4.12. The van der Waals surface area contributed by atoms with Crippen LogP contribution >= 0.6 is 15.9 Å². The van der Waals surface area contributed by atoms with E-state index in [1.54, 1.807) is 6.20 Å². The molecule has 0 aromatic carbocycles. The van der Waals surface area contributed by atoms with E-state index < -0.39 is 0 Å². The second kappa shape index (κ2) is 6.27. The molecule has 1 saturated heterocycles. The molecular weight excluding hydrogens is 373 g/mol. The van der Waals surface area contributed by atoms with E-state index in [2.05, 4.69) is 37.8 Å². The number of hydrogen-bond donors (Lipinski definition) is 0. The van der Waals surface area contributed by atoms with Gasteiger partial charge in [-0.05, 0) is 47.3 Å². The van der Waals surface area contributed by atoms with Crippen molar-refractivity contribution in [2.24, 2.45) is 0 Å². The molecule has 1 aliphatic carbocycles. The highest BCUT2D eigenvalue weighted by molar-refractivity contribution is 9.10. The maximum atomic E-state index is 14.1. The Morgan fingerprint density at radius 3 is 2.88 bits per heavy atom. The summed E-state index contributed by atoms with van der Waals surface area (Å²) >= 11 is 3.25. The van der Waals surface area contributed by atoms with E-state index in [4.69, 9.17) is 4.98 Å². The van der Waals surface area contributed by atoms with Crippen molar-refractivity contribution in [2.45, 2.75) is 31.2 Å². The Bertz CT molecular complexity index is 752. The molecule has 2 aliphatic rings. The SMILES string of the molecule is CN(c1ccnc(C2CC2)n1)C1CCN(c2ncc(Br)cc2F)C1. The maximum Gasteiger partial charge on any atom is 0.166 e. The first-order chi connectivity index (χ1) is 11.6. The van der Waals surface area contributed by atoms with Crippen LogP contribution in [-0.2, 0) is 0 Å². The van der Waals surface area contributed by atoms with E-state index >= 15 is 0 Å². The molecule has 0 N–H and O–H groups in total. The van der Waals surface area contributed by atoms with Crippen LogP contribution in [0, 0.1) is 5.82 Å². The van der Waals surface area contributed by atoms with Crippen molar-refractivity contribution in [2.75, 3.05) is 29.9 Å². The summed E-state index contributed by atoms with van der Waals surface area (Å²) in [6.07, 6.45) is 6.82. The molecule has 1 atom stereocenters.